The van der Waals surface area contributed by atoms with Gasteiger partial charge in [-0.15, -0.1) is 10.2 Å². The van der Waals surface area contributed by atoms with Crippen LogP contribution in [0.5, 0.6) is 17.2 Å². The summed E-state index contributed by atoms with van der Waals surface area (Å²) in [5.41, 5.74) is 5.68. The third kappa shape index (κ3) is 3.79. The summed E-state index contributed by atoms with van der Waals surface area (Å²) in [6.07, 6.45) is 0.898. The van der Waals surface area contributed by atoms with E-state index in [1.54, 1.807) is 21.3 Å². The SMILES string of the molecule is COc1cc([C@@H]2CC(=O)c3nnc4c(-c5ccccc5)c(C(C)C)nn4c3C2)cc(OC)c1OC. The third-order valence-corrected chi connectivity index (χ3v) is 6.57. The number of ether oxygens (including phenoxy) is 3. The molecular formula is C27H28N4O4. The first kappa shape index (κ1) is 22.8. The van der Waals surface area contributed by atoms with Gasteiger partial charge < -0.3 is 14.2 Å². The minimum atomic E-state index is -0.0945. The molecular weight excluding hydrogens is 444 g/mol. The average Bonchev–Trinajstić information content (AvgIpc) is 3.28. The Morgan fingerprint density at radius 1 is 0.943 bits per heavy atom. The molecule has 5 rings (SSSR count). The maximum Gasteiger partial charge on any atom is 0.203 e. The van der Waals surface area contributed by atoms with Gasteiger partial charge in [-0.05, 0) is 41.5 Å². The summed E-state index contributed by atoms with van der Waals surface area (Å²) >= 11 is 0. The van der Waals surface area contributed by atoms with Crippen LogP contribution in [0.4, 0.5) is 0 Å². The van der Waals surface area contributed by atoms with Crippen LogP contribution >= 0.6 is 0 Å². The lowest BCUT2D eigenvalue weighted by Crippen LogP contribution is -2.24. The quantitative estimate of drug-likeness (QED) is 0.396. The molecule has 4 aromatic rings. The van der Waals surface area contributed by atoms with E-state index in [1.165, 1.54) is 0 Å². The fourth-order valence-corrected chi connectivity index (χ4v) is 4.85. The molecule has 35 heavy (non-hydrogen) atoms. The number of nitrogens with zero attached hydrogens (tertiary/aromatic N) is 4. The summed E-state index contributed by atoms with van der Waals surface area (Å²) < 4.78 is 18.4. The van der Waals surface area contributed by atoms with Gasteiger partial charge in [0, 0.05) is 6.42 Å². The molecule has 8 heteroatoms. The Hall–Kier alpha value is -3.94. The molecule has 1 aliphatic rings. The highest BCUT2D eigenvalue weighted by Crippen LogP contribution is 2.43. The van der Waals surface area contributed by atoms with Crippen LogP contribution in [0.1, 0.15) is 59.5 Å². The summed E-state index contributed by atoms with van der Waals surface area (Å²) in [6.45, 7) is 4.22. The van der Waals surface area contributed by atoms with E-state index >= 15 is 0 Å². The summed E-state index contributed by atoms with van der Waals surface area (Å²) in [5.74, 6) is 1.67. The van der Waals surface area contributed by atoms with Crippen molar-refractivity contribution in [2.45, 2.75) is 38.5 Å². The fourth-order valence-electron chi connectivity index (χ4n) is 4.85. The molecule has 0 spiro atoms. The number of carbonyl (C=O) groups excluding carboxylic acids is 1. The van der Waals surface area contributed by atoms with Gasteiger partial charge >= 0.3 is 0 Å². The maximum absolute atomic E-state index is 13.2. The molecule has 0 amide bonds. The number of fused-ring (bicyclic) bond motifs is 3. The zero-order valence-corrected chi connectivity index (χ0v) is 20.5. The van der Waals surface area contributed by atoms with Gasteiger partial charge in [-0.1, -0.05) is 44.2 Å². The first-order chi connectivity index (χ1) is 17.0. The van der Waals surface area contributed by atoms with E-state index in [2.05, 4.69) is 24.0 Å². The highest BCUT2D eigenvalue weighted by molar-refractivity contribution is 5.97. The van der Waals surface area contributed by atoms with Crippen molar-refractivity contribution >= 4 is 11.4 Å². The summed E-state index contributed by atoms with van der Waals surface area (Å²) in [5, 5.41) is 13.8. The Balaban J connectivity index is 1.66. The highest BCUT2D eigenvalue weighted by atomic mass is 16.5. The first-order valence-corrected chi connectivity index (χ1v) is 11.6. The number of Topliss-reactive ketones (excluding diaryl/α,β-unsaturated/α-hetero) is 1. The maximum atomic E-state index is 13.2. The molecule has 2 aromatic heterocycles. The first-order valence-electron chi connectivity index (χ1n) is 11.6. The molecule has 1 aliphatic carbocycles. The van der Waals surface area contributed by atoms with Crippen LogP contribution in [0, 0.1) is 0 Å². The van der Waals surface area contributed by atoms with Crippen LogP contribution in [-0.4, -0.2) is 46.9 Å². The standard InChI is InChI=1S/C27H28N4O4/c1-15(2)24-23(16-9-7-6-8-10-16)27-29-28-25-19(31(27)30-24)11-17(12-20(25)32)18-13-21(33-3)26(35-5)22(14-18)34-4/h6-10,13-15,17H,11-12H2,1-5H3/t17-/m0/s1. The van der Waals surface area contributed by atoms with Gasteiger partial charge in [0.2, 0.25) is 5.75 Å². The summed E-state index contributed by atoms with van der Waals surface area (Å²) in [4.78, 5) is 13.2. The molecule has 8 nitrogen and oxygen atoms in total. The van der Waals surface area contributed by atoms with Crippen molar-refractivity contribution in [3.63, 3.8) is 0 Å². The monoisotopic (exact) mass is 472 g/mol. The van der Waals surface area contributed by atoms with Crippen LogP contribution in [0.15, 0.2) is 42.5 Å². The number of aromatic nitrogens is 4. The van der Waals surface area contributed by atoms with Crippen molar-refractivity contribution in [3.05, 3.63) is 65.1 Å². The van der Waals surface area contributed by atoms with Gasteiger partial charge in [0.25, 0.3) is 0 Å². The van der Waals surface area contributed by atoms with Gasteiger partial charge in [0.05, 0.1) is 38.3 Å². The van der Waals surface area contributed by atoms with Crippen LogP contribution in [0.25, 0.3) is 16.8 Å². The number of methoxy groups -OCH3 is 3. The lowest BCUT2D eigenvalue weighted by molar-refractivity contribution is 0.0955. The Labute approximate surface area is 203 Å². The largest absolute Gasteiger partial charge is 0.493 e. The van der Waals surface area contributed by atoms with Crippen molar-refractivity contribution in [2.24, 2.45) is 0 Å². The van der Waals surface area contributed by atoms with Crippen molar-refractivity contribution in [2.75, 3.05) is 21.3 Å². The second kappa shape index (κ2) is 9.02. The van der Waals surface area contributed by atoms with Gasteiger partial charge in [-0.3, -0.25) is 4.79 Å². The predicted molar refractivity (Wildman–Crippen MR) is 132 cm³/mol. The highest BCUT2D eigenvalue weighted by Gasteiger charge is 2.33. The van der Waals surface area contributed by atoms with E-state index in [4.69, 9.17) is 19.3 Å². The number of ketones is 1. The van der Waals surface area contributed by atoms with E-state index in [0.29, 0.717) is 41.4 Å². The molecule has 0 radical (unpaired) electrons. The van der Waals surface area contributed by atoms with Crippen molar-refractivity contribution < 1.29 is 19.0 Å². The minimum absolute atomic E-state index is 0.0535. The molecule has 2 aromatic carbocycles. The number of benzene rings is 2. The van der Waals surface area contributed by atoms with E-state index < -0.39 is 0 Å². The van der Waals surface area contributed by atoms with Crippen molar-refractivity contribution in [3.8, 4) is 28.4 Å². The topological polar surface area (TPSA) is 87.8 Å². The second-order valence-corrected chi connectivity index (χ2v) is 9.00. The molecule has 0 bridgehead atoms. The van der Waals surface area contributed by atoms with Crippen molar-refractivity contribution in [1.82, 2.24) is 19.8 Å². The molecule has 2 heterocycles. The Morgan fingerprint density at radius 3 is 2.23 bits per heavy atom. The molecule has 0 fully saturated rings. The molecule has 0 aliphatic heterocycles. The zero-order valence-electron chi connectivity index (χ0n) is 20.5. The summed E-state index contributed by atoms with van der Waals surface area (Å²) in [7, 11) is 4.75. The zero-order chi connectivity index (χ0) is 24.7. The molecule has 0 saturated carbocycles. The fraction of sp³-hybridized carbons (Fsp3) is 0.333. The van der Waals surface area contributed by atoms with Gasteiger partial charge in [0.15, 0.2) is 28.6 Å². The number of rotatable bonds is 6. The van der Waals surface area contributed by atoms with E-state index in [-0.39, 0.29) is 17.6 Å². The number of hydrogen-bond acceptors (Lipinski definition) is 7. The Morgan fingerprint density at radius 2 is 1.63 bits per heavy atom. The molecule has 1 atom stereocenters. The Bertz CT molecular complexity index is 1390. The normalized spacial score (nSPS) is 15.4. The average molecular weight is 473 g/mol. The van der Waals surface area contributed by atoms with Gasteiger partial charge in [-0.25, -0.2) is 4.52 Å². The molecule has 0 unspecified atom stereocenters. The number of carbonyl (C=O) groups is 1. The van der Waals surface area contributed by atoms with Crippen LogP contribution in [0.3, 0.4) is 0 Å². The lowest BCUT2D eigenvalue weighted by Gasteiger charge is -2.24. The van der Waals surface area contributed by atoms with Crippen molar-refractivity contribution in [1.29, 1.82) is 0 Å². The van der Waals surface area contributed by atoms with E-state index in [1.807, 2.05) is 47.0 Å². The smallest absolute Gasteiger partial charge is 0.203 e. The van der Waals surface area contributed by atoms with E-state index in [0.717, 1.165) is 28.1 Å². The molecule has 0 N–H and O–H groups in total. The van der Waals surface area contributed by atoms with E-state index in [9.17, 15) is 4.79 Å². The molecule has 180 valence electrons. The van der Waals surface area contributed by atoms with Crippen LogP contribution in [-0.2, 0) is 6.42 Å². The second-order valence-electron chi connectivity index (χ2n) is 9.00. The summed E-state index contributed by atoms with van der Waals surface area (Å²) in [6, 6.07) is 13.9. The Kier molecular flexibility index (Phi) is 5.88. The molecule has 0 saturated heterocycles. The third-order valence-electron chi connectivity index (χ3n) is 6.57. The van der Waals surface area contributed by atoms with Gasteiger partial charge in [0.1, 0.15) is 0 Å². The van der Waals surface area contributed by atoms with Crippen LogP contribution in [0.2, 0.25) is 0 Å². The predicted octanol–water partition coefficient (Wildman–Crippen LogP) is 4.85. The van der Waals surface area contributed by atoms with Crippen LogP contribution < -0.4 is 14.2 Å². The number of hydrogen-bond donors (Lipinski definition) is 0. The lowest BCUT2D eigenvalue weighted by atomic mass is 9.83. The van der Waals surface area contributed by atoms with Gasteiger partial charge in [-0.2, -0.15) is 5.10 Å². The minimum Gasteiger partial charge on any atom is -0.493 e.